The number of carbonyl (C=O) groups is 1. The molecule has 0 saturated carbocycles. The summed E-state index contributed by atoms with van der Waals surface area (Å²) in [5, 5.41) is 8.78. The van der Waals surface area contributed by atoms with E-state index < -0.39 is 0 Å². The molecule has 0 bridgehead atoms. The van der Waals surface area contributed by atoms with Gasteiger partial charge in [0, 0.05) is 31.2 Å². The van der Waals surface area contributed by atoms with Crippen LogP contribution in [0.3, 0.4) is 0 Å². The first kappa shape index (κ1) is 15.6. The molecule has 0 radical (unpaired) electrons. The summed E-state index contributed by atoms with van der Waals surface area (Å²) in [7, 11) is 1.82. The molecule has 1 atom stereocenters. The van der Waals surface area contributed by atoms with Gasteiger partial charge in [-0.05, 0) is 31.0 Å². The molecule has 1 saturated heterocycles. The van der Waals surface area contributed by atoms with E-state index in [1.54, 1.807) is 4.90 Å². The molecule has 2 rings (SSSR count). The average molecular weight is 287 g/mol. The smallest absolute Gasteiger partial charge is 0.254 e. The summed E-state index contributed by atoms with van der Waals surface area (Å²) in [4.78, 5) is 14.4. The van der Waals surface area contributed by atoms with Crippen molar-refractivity contribution >= 4 is 5.91 Å². The number of carbonyl (C=O) groups excluding carboxylic acids is 1. The number of aliphatic hydroxyl groups excluding tert-OH is 1. The Labute approximate surface area is 125 Å². The first-order valence-electron chi connectivity index (χ1n) is 7.19. The highest BCUT2D eigenvalue weighted by molar-refractivity contribution is 5.96. The number of hydrogen-bond acceptors (Lipinski definition) is 3. The van der Waals surface area contributed by atoms with Crippen LogP contribution in [0.25, 0.3) is 0 Å². The molecule has 1 heterocycles. The Morgan fingerprint density at radius 3 is 3.00 bits per heavy atom. The topological polar surface area (TPSA) is 49.8 Å². The lowest BCUT2D eigenvalue weighted by atomic mass is 10.0. The van der Waals surface area contributed by atoms with Gasteiger partial charge in [0.05, 0.1) is 19.3 Å². The third-order valence-corrected chi connectivity index (χ3v) is 3.80. The van der Waals surface area contributed by atoms with Crippen LogP contribution in [0.2, 0.25) is 0 Å². The molecule has 0 spiro atoms. The minimum absolute atomic E-state index is 0.00816. The molecular formula is C17H21NO3. The minimum atomic E-state index is 0.00816. The van der Waals surface area contributed by atoms with Crippen molar-refractivity contribution in [1.29, 1.82) is 0 Å². The maximum atomic E-state index is 12.6. The fourth-order valence-corrected chi connectivity index (χ4v) is 2.40. The third kappa shape index (κ3) is 3.63. The molecule has 0 aliphatic carbocycles. The van der Waals surface area contributed by atoms with Crippen molar-refractivity contribution in [3.05, 3.63) is 34.9 Å². The van der Waals surface area contributed by atoms with E-state index in [0.29, 0.717) is 25.2 Å². The first-order chi connectivity index (χ1) is 10.1. The SMILES string of the molecule is Cc1c(C#CCCO)cccc1C(=O)N(C)C1CCOC1. The molecule has 21 heavy (non-hydrogen) atoms. The fourth-order valence-electron chi connectivity index (χ4n) is 2.40. The number of amides is 1. The molecule has 1 fully saturated rings. The van der Waals surface area contributed by atoms with E-state index in [1.165, 1.54) is 0 Å². The molecule has 4 heteroatoms. The standard InChI is InChI=1S/C17H21NO3/c1-13-14(6-3-4-10-19)7-5-8-16(13)17(20)18(2)15-9-11-21-12-15/h5,7-8,15,19H,4,9-12H2,1-2H3. The van der Waals surface area contributed by atoms with Gasteiger partial charge in [-0.3, -0.25) is 4.79 Å². The van der Waals surface area contributed by atoms with Crippen molar-refractivity contribution in [2.75, 3.05) is 26.9 Å². The molecule has 1 unspecified atom stereocenters. The molecular weight excluding hydrogens is 266 g/mol. The molecule has 1 aliphatic heterocycles. The third-order valence-electron chi connectivity index (χ3n) is 3.80. The van der Waals surface area contributed by atoms with Gasteiger partial charge in [0.2, 0.25) is 0 Å². The van der Waals surface area contributed by atoms with Crippen LogP contribution in [0.5, 0.6) is 0 Å². The predicted molar refractivity (Wildman–Crippen MR) is 81.1 cm³/mol. The largest absolute Gasteiger partial charge is 0.395 e. The maximum Gasteiger partial charge on any atom is 0.254 e. The van der Waals surface area contributed by atoms with E-state index in [1.807, 2.05) is 32.2 Å². The highest BCUT2D eigenvalue weighted by Crippen LogP contribution is 2.18. The van der Waals surface area contributed by atoms with E-state index in [0.717, 1.165) is 17.5 Å². The molecule has 1 aromatic carbocycles. The van der Waals surface area contributed by atoms with Crippen LogP contribution in [-0.4, -0.2) is 48.8 Å². The molecule has 1 N–H and O–H groups in total. The summed E-state index contributed by atoms with van der Waals surface area (Å²) in [6, 6.07) is 5.74. The van der Waals surface area contributed by atoms with Gasteiger partial charge in [-0.2, -0.15) is 0 Å². The molecule has 1 amide bonds. The molecule has 0 aromatic heterocycles. The van der Waals surface area contributed by atoms with Crippen LogP contribution < -0.4 is 0 Å². The van der Waals surface area contributed by atoms with E-state index in [-0.39, 0.29) is 18.6 Å². The normalized spacial score (nSPS) is 17.2. The van der Waals surface area contributed by atoms with Crippen LogP contribution in [0.15, 0.2) is 18.2 Å². The summed E-state index contributed by atoms with van der Waals surface area (Å²) in [5.41, 5.74) is 2.41. The molecule has 1 aromatic rings. The summed E-state index contributed by atoms with van der Waals surface area (Å²) in [6.07, 6.45) is 1.33. The average Bonchev–Trinajstić information content (AvgIpc) is 3.02. The first-order valence-corrected chi connectivity index (χ1v) is 7.19. The molecule has 1 aliphatic rings. The number of nitrogens with zero attached hydrogens (tertiary/aromatic N) is 1. The van der Waals surface area contributed by atoms with E-state index in [4.69, 9.17) is 9.84 Å². The Hall–Kier alpha value is -1.83. The van der Waals surface area contributed by atoms with Crippen LogP contribution in [-0.2, 0) is 4.74 Å². The minimum Gasteiger partial charge on any atom is -0.395 e. The highest BCUT2D eigenvalue weighted by atomic mass is 16.5. The number of ether oxygens (including phenoxy) is 1. The monoisotopic (exact) mass is 287 g/mol. The maximum absolute atomic E-state index is 12.6. The van der Waals surface area contributed by atoms with Crippen LogP contribution >= 0.6 is 0 Å². The van der Waals surface area contributed by atoms with Crippen molar-refractivity contribution in [2.45, 2.75) is 25.8 Å². The Bertz CT molecular complexity index is 565. The quantitative estimate of drug-likeness (QED) is 0.859. The fraction of sp³-hybridized carbons (Fsp3) is 0.471. The second-order valence-electron chi connectivity index (χ2n) is 5.19. The Morgan fingerprint density at radius 1 is 1.52 bits per heavy atom. The Kier molecular flexibility index (Phi) is 5.38. The van der Waals surface area contributed by atoms with Crippen LogP contribution in [0.4, 0.5) is 0 Å². The Balaban J connectivity index is 2.21. The lowest BCUT2D eigenvalue weighted by Crippen LogP contribution is -2.37. The van der Waals surface area contributed by atoms with E-state index in [2.05, 4.69) is 11.8 Å². The van der Waals surface area contributed by atoms with Gasteiger partial charge in [0.15, 0.2) is 0 Å². The number of likely N-dealkylation sites (N-methyl/N-ethyl adjacent to an activating group) is 1. The summed E-state index contributed by atoms with van der Waals surface area (Å²) in [5.74, 6) is 5.92. The summed E-state index contributed by atoms with van der Waals surface area (Å²) >= 11 is 0. The number of rotatable bonds is 3. The molecule has 4 nitrogen and oxygen atoms in total. The lowest BCUT2D eigenvalue weighted by Gasteiger charge is -2.24. The highest BCUT2D eigenvalue weighted by Gasteiger charge is 2.25. The van der Waals surface area contributed by atoms with E-state index >= 15 is 0 Å². The zero-order chi connectivity index (χ0) is 15.2. The van der Waals surface area contributed by atoms with Gasteiger partial charge in [0.1, 0.15) is 0 Å². The van der Waals surface area contributed by atoms with E-state index in [9.17, 15) is 4.79 Å². The van der Waals surface area contributed by atoms with Crippen molar-refractivity contribution < 1.29 is 14.6 Å². The lowest BCUT2D eigenvalue weighted by molar-refractivity contribution is 0.0710. The van der Waals surface area contributed by atoms with Gasteiger partial charge in [-0.1, -0.05) is 17.9 Å². The van der Waals surface area contributed by atoms with Gasteiger partial charge in [-0.15, -0.1) is 0 Å². The van der Waals surface area contributed by atoms with Gasteiger partial charge in [-0.25, -0.2) is 0 Å². The van der Waals surface area contributed by atoms with Crippen molar-refractivity contribution in [1.82, 2.24) is 4.90 Å². The number of aliphatic hydroxyl groups is 1. The zero-order valence-electron chi connectivity index (χ0n) is 12.6. The second kappa shape index (κ2) is 7.26. The summed E-state index contributed by atoms with van der Waals surface area (Å²) in [6.45, 7) is 3.29. The molecule has 112 valence electrons. The van der Waals surface area contributed by atoms with Crippen molar-refractivity contribution in [3.8, 4) is 11.8 Å². The van der Waals surface area contributed by atoms with Gasteiger partial charge < -0.3 is 14.7 Å². The number of benzene rings is 1. The van der Waals surface area contributed by atoms with Crippen molar-refractivity contribution in [3.63, 3.8) is 0 Å². The second-order valence-corrected chi connectivity index (χ2v) is 5.19. The van der Waals surface area contributed by atoms with Gasteiger partial charge >= 0.3 is 0 Å². The Morgan fingerprint density at radius 2 is 2.33 bits per heavy atom. The van der Waals surface area contributed by atoms with Crippen LogP contribution in [0, 0.1) is 18.8 Å². The number of hydrogen-bond donors (Lipinski definition) is 1. The van der Waals surface area contributed by atoms with Crippen LogP contribution in [0.1, 0.15) is 34.3 Å². The van der Waals surface area contributed by atoms with Gasteiger partial charge in [0.25, 0.3) is 5.91 Å². The predicted octanol–water partition coefficient (Wildman–Crippen LogP) is 1.59. The summed E-state index contributed by atoms with van der Waals surface area (Å²) < 4.78 is 5.34. The van der Waals surface area contributed by atoms with Crippen molar-refractivity contribution in [2.24, 2.45) is 0 Å². The zero-order valence-corrected chi connectivity index (χ0v) is 12.6.